The summed E-state index contributed by atoms with van der Waals surface area (Å²) < 4.78 is 4.80. The minimum atomic E-state index is 0.990. The van der Waals surface area contributed by atoms with Gasteiger partial charge in [0.25, 0.3) is 0 Å². The Hall–Kier alpha value is -3.82. The zero-order valence-corrected chi connectivity index (χ0v) is 20.1. The van der Waals surface area contributed by atoms with Crippen LogP contribution in [0.25, 0.3) is 53.8 Å². The first-order valence-corrected chi connectivity index (χ1v) is 12.5. The van der Waals surface area contributed by atoms with Crippen LogP contribution in [0.4, 0.5) is 0 Å². The minimum absolute atomic E-state index is 0.990. The van der Waals surface area contributed by atoms with Gasteiger partial charge in [-0.25, -0.2) is 4.57 Å². The molecule has 0 N–H and O–H groups in total. The van der Waals surface area contributed by atoms with E-state index in [1.165, 1.54) is 53.7 Å². The van der Waals surface area contributed by atoms with Crippen LogP contribution >= 0.6 is 11.3 Å². The van der Waals surface area contributed by atoms with Crippen molar-refractivity contribution in [3.05, 3.63) is 109 Å². The fraction of sp³-hybridized carbons (Fsp3) is 0.0968. The second-order valence-electron chi connectivity index (χ2n) is 8.61. The maximum absolute atomic E-state index is 4.89. The van der Waals surface area contributed by atoms with Gasteiger partial charge in [0.2, 0.25) is 5.69 Å². The highest BCUT2D eigenvalue weighted by molar-refractivity contribution is 7.26. The summed E-state index contributed by atoms with van der Waals surface area (Å²) in [4.78, 5) is 4.89. The Bertz CT molecular complexity index is 1660. The maximum Gasteiger partial charge on any atom is 0.212 e. The van der Waals surface area contributed by atoms with E-state index in [1.54, 1.807) is 0 Å². The molecule has 0 aliphatic heterocycles. The third-order valence-corrected chi connectivity index (χ3v) is 7.79. The van der Waals surface area contributed by atoms with E-state index < -0.39 is 0 Å². The molecule has 0 amide bonds. The quantitative estimate of drug-likeness (QED) is 0.246. The Balaban J connectivity index is 1.72. The predicted octanol–water partition coefficient (Wildman–Crippen LogP) is 7.84. The molecule has 6 aromatic rings. The van der Waals surface area contributed by atoms with Crippen molar-refractivity contribution in [2.75, 3.05) is 0 Å². The third kappa shape index (κ3) is 3.41. The number of pyridine rings is 2. The molecule has 34 heavy (non-hydrogen) atoms. The number of nitrogens with zero attached hydrogens (tertiary/aromatic N) is 2. The maximum atomic E-state index is 4.89. The normalized spacial score (nSPS) is 11.4. The molecule has 0 aliphatic carbocycles. The Labute approximate surface area is 203 Å². The summed E-state index contributed by atoms with van der Waals surface area (Å²) in [7, 11) is 2.11. The highest BCUT2D eigenvalue weighted by Gasteiger charge is 2.21. The molecule has 0 bridgehead atoms. The van der Waals surface area contributed by atoms with Crippen molar-refractivity contribution in [2.24, 2.45) is 7.05 Å². The molecular formula is C31H25N2S+. The van der Waals surface area contributed by atoms with Crippen molar-refractivity contribution < 1.29 is 4.57 Å². The summed E-state index contributed by atoms with van der Waals surface area (Å²) in [5.41, 5.74) is 8.42. The molecule has 0 aliphatic rings. The standard InChI is InChI=1S/C31H25N2S/c1-3-21-17-18-32-27(20-21)30-25(15-16-26-24-12-6-7-14-29(24)34-31(26)30)22-10-4-5-11-23(22)28-13-8-9-19-33(28)2/h4-20H,3H2,1-2H3/q+1. The molecule has 3 aromatic carbocycles. The fourth-order valence-electron chi connectivity index (χ4n) is 4.84. The lowest BCUT2D eigenvalue weighted by atomic mass is 9.90. The van der Waals surface area contributed by atoms with Crippen molar-refractivity contribution >= 4 is 31.5 Å². The molecular weight excluding hydrogens is 432 g/mol. The van der Waals surface area contributed by atoms with Gasteiger partial charge in [0.1, 0.15) is 7.05 Å². The molecule has 6 rings (SSSR count). The second-order valence-corrected chi connectivity index (χ2v) is 9.66. The molecule has 0 saturated carbocycles. The Kier molecular flexibility index (Phi) is 5.20. The summed E-state index contributed by atoms with van der Waals surface area (Å²) in [5, 5.41) is 2.61. The summed E-state index contributed by atoms with van der Waals surface area (Å²) in [6.07, 6.45) is 5.05. The molecule has 3 aromatic heterocycles. The highest BCUT2D eigenvalue weighted by atomic mass is 32.1. The number of thiophene rings is 1. The average Bonchev–Trinajstić information content (AvgIpc) is 3.27. The second kappa shape index (κ2) is 8.51. The molecule has 0 atom stereocenters. The van der Waals surface area contributed by atoms with E-state index in [2.05, 4.69) is 116 Å². The zero-order chi connectivity index (χ0) is 23.1. The first-order chi connectivity index (χ1) is 16.7. The minimum Gasteiger partial charge on any atom is -0.256 e. The van der Waals surface area contributed by atoms with Gasteiger partial charge < -0.3 is 0 Å². The molecule has 2 nitrogen and oxygen atoms in total. The predicted molar refractivity (Wildman–Crippen MR) is 144 cm³/mol. The Morgan fingerprint density at radius 1 is 0.765 bits per heavy atom. The van der Waals surface area contributed by atoms with E-state index in [-0.39, 0.29) is 0 Å². The van der Waals surface area contributed by atoms with Crippen LogP contribution in [0.2, 0.25) is 0 Å². The van der Waals surface area contributed by atoms with Gasteiger partial charge in [-0.15, -0.1) is 11.3 Å². The van der Waals surface area contributed by atoms with Crippen molar-refractivity contribution in [3.8, 4) is 33.6 Å². The molecule has 0 unspecified atom stereocenters. The zero-order valence-electron chi connectivity index (χ0n) is 19.3. The first-order valence-electron chi connectivity index (χ1n) is 11.7. The van der Waals surface area contributed by atoms with Crippen molar-refractivity contribution in [1.29, 1.82) is 0 Å². The van der Waals surface area contributed by atoms with Gasteiger partial charge in [0, 0.05) is 44.1 Å². The number of aryl methyl sites for hydroxylation is 2. The van der Waals surface area contributed by atoms with Crippen LogP contribution < -0.4 is 4.57 Å². The van der Waals surface area contributed by atoms with Crippen LogP contribution in [0.15, 0.2) is 103 Å². The molecule has 3 heterocycles. The summed E-state index contributed by atoms with van der Waals surface area (Å²) >= 11 is 1.87. The lowest BCUT2D eigenvalue weighted by Gasteiger charge is -2.15. The van der Waals surface area contributed by atoms with Gasteiger partial charge in [-0.1, -0.05) is 55.5 Å². The van der Waals surface area contributed by atoms with Gasteiger partial charge >= 0.3 is 0 Å². The van der Waals surface area contributed by atoms with Gasteiger partial charge in [-0.3, -0.25) is 4.98 Å². The third-order valence-electron chi connectivity index (χ3n) is 6.58. The lowest BCUT2D eigenvalue weighted by molar-refractivity contribution is -0.660. The van der Waals surface area contributed by atoms with Crippen molar-refractivity contribution in [3.63, 3.8) is 0 Å². The van der Waals surface area contributed by atoms with Crippen LogP contribution in [-0.2, 0) is 13.5 Å². The number of hydrogen-bond donors (Lipinski definition) is 0. The molecule has 164 valence electrons. The number of aromatic nitrogens is 2. The van der Waals surface area contributed by atoms with Crippen LogP contribution in [-0.4, -0.2) is 4.98 Å². The monoisotopic (exact) mass is 457 g/mol. The van der Waals surface area contributed by atoms with E-state index in [9.17, 15) is 0 Å². The number of hydrogen-bond acceptors (Lipinski definition) is 2. The number of benzene rings is 3. The largest absolute Gasteiger partial charge is 0.256 e. The van der Waals surface area contributed by atoms with Crippen molar-refractivity contribution in [2.45, 2.75) is 13.3 Å². The van der Waals surface area contributed by atoms with Crippen LogP contribution in [0.5, 0.6) is 0 Å². The van der Waals surface area contributed by atoms with Gasteiger partial charge in [0.15, 0.2) is 6.20 Å². The SMILES string of the molecule is CCc1ccnc(-c2c(-c3ccccc3-c3cccc[n+]3C)ccc3c2sc2ccccc23)c1. The average molecular weight is 458 g/mol. The van der Waals surface area contributed by atoms with Gasteiger partial charge in [-0.2, -0.15) is 0 Å². The van der Waals surface area contributed by atoms with Gasteiger partial charge in [0.05, 0.1) is 11.3 Å². The molecule has 0 saturated heterocycles. The molecule has 0 fully saturated rings. The summed E-state index contributed by atoms with van der Waals surface area (Å²) in [6.45, 7) is 2.20. The number of fused-ring (bicyclic) bond motifs is 3. The highest BCUT2D eigenvalue weighted by Crippen LogP contribution is 2.45. The molecule has 0 spiro atoms. The van der Waals surface area contributed by atoms with Crippen LogP contribution in [0, 0.1) is 0 Å². The summed E-state index contributed by atoms with van der Waals surface area (Å²) in [5.74, 6) is 0. The topological polar surface area (TPSA) is 16.8 Å². The van der Waals surface area contributed by atoms with Crippen LogP contribution in [0.3, 0.4) is 0 Å². The van der Waals surface area contributed by atoms with E-state index in [4.69, 9.17) is 4.98 Å². The van der Waals surface area contributed by atoms with Gasteiger partial charge in [-0.05, 0) is 53.4 Å². The molecule has 0 radical (unpaired) electrons. The van der Waals surface area contributed by atoms with Crippen LogP contribution in [0.1, 0.15) is 12.5 Å². The van der Waals surface area contributed by atoms with E-state index in [0.29, 0.717) is 0 Å². The fourth-order valence-corrected chi connectivity index (χ4v) is 6.10. The summed E-state index contributed by atoms with van der Waals surface area (Å²) in [6, 6.07) is 32.7. The lowest BCUT2D eigenvalue weighted by Crippen LogP contribution is -2.30. The smallest absolute Gasteiger partial charge is 0.212 e. The van der Waals surface area contributed by atoms with E-state index in [1.807, 2.05) is 17.5 Å². The number of rotatable bonds is 4. The Morgan fingerprint density at radius 2 is 1.56 bits per heavy atom. The molecule has 3 heteroatoms. The van der Waals surface area contributed by atoms with E-state index >= 15 is 0 Å². The van der Waals surface area contributed by atoms with E-state index in [0.717, 1.165) is 12.1 Å². The van der Waals surface area contributed by atoms with Crippen molar-refractivity contribution in [1.82, 2.24) is 4.98 Å². The first kappa shape index (κ1) is 20.8. The Morgan fingerprint density at radius 3 is 2.41 bits per heavy atom.